The third-order valence-electron chi connectivity index (χ3n) is 1.83. The third kappa shape index (κ3) is 0.610. The van der Waals surface area contributed by atoms with E-state index in [-0.39, 0.29) is 0 Å². The first-order chi connectivity index (χ1) is 3.81. The number of halogens is 1. The van der Waals surface area contributed by atoms with Crippen molar-refractivity contribution in [3.63, 3.8) is 0 Å². The van der Waals surface area contributed by atoms with Gasteiger partial charge in [-0.25, -0.2) is 3.11 Å². The lowest BCUT2D eigenvalue weighted by atomic mass is 9.80. The zero-order valence-electron chi connectivity index (χ0n) is 4.56. The van der Waals surface area contributed by atoms with E-state index in [0.717, 1.165) is 13.2 Å². The molecule has 2 rings (SSSR count). The minimum absolute atomic E-state index is 0.612. The van der Waals surface area contributed by atoms with Gasteiger partial charge in [0.2, 0.25) is 0 Å². The van der Waals surface area contributed by atoms with Gasteiger partial charge in [-0.05, 0) is 0 Å². The Balaban J connectivity index is 1.92. The van der Waals surface area contributed by atoms with E-state index >= 15 is 0 Å². The molecule has 1 spiro atoms. The van der Waals surface area contributed by atoms with Gasteiger partial charge in [0.15, 0.2) is 0 Å². The summed E-state index contributed by atoms with van der Waals surface area (Å²) in [4.78, 5) is 0. The second-order valence-electron chi connectivity index (χ2n) is 2.77. The van der Waals surface area contributed by atoms with E-state index < -0.39 is 0 Å². The molecule has 2 aliphatic rings. The van der Waals surface area contributed by atoms with Crippen LogP contribution in [0.1, 0.15) is 0 Å². The summed E-state index contributed by atoms with van der Waals surface area (Å²) in [6.45, 7) is 4.50. The molecule has 0 aliphatic carbocycles. The molecule has 0 amide bonds. The van der Waals surface area contributed by atoms with Crippen LogP contribution in [0, 0.1) is 5.41 Å². The molecule has 0 N–H and O–H groups in total. The van der Waals surface area contributed by atoms with E-state index in [4.69, 9.17) is 4.74 Å². The van der Waals surface area contributed by atoms with Crippen LogP contribution in [0.4, 0.5) is 0 Å². The Morgan fingerprint density at radius 2 is 2.00 bits per heavy atom. The van der Waals surface area contributed by atoms with Crippen LogP contribution in [-0.4, -0.2) is 29.4 Å². The second kappa shape index (κ2) is 1.58. The molecule has 8 heavy (non-hydrogen) atoms. The van der Waals surface area contributed by atoms with E-state index in [1.165, 1.54) is 13.1 Å². The summed E-state index contributed by atoms with van der Waals surface area (Å²) in [6.07, 6.45) is 0. The van der Waals surface area contributed by atoms with Gasteiger partial charge in [-0.1, -0.05) is 0 Å². The van der Waals surface area contributed by atoms with Crippen molar-refractivity contribution in [3.05, 3.63) is 0 Å². The molecule has 0 aromatic carbocycles. The molecule has 2 nitrogen and oxygen atoms in total. The zero-order valence-corrected chi connectivity index (χ0v) is 6.72. The minimum atomic E-state index is 0.612. The van der Waals surface area contributed by atoms with Crippen molar-refractivity contribution in [3.8, 4) is 0 Å². The summed E-state index contributed by atoms with van der Waals surface area (Å²) in [5, 5.41) is 0. The molecule has 2 heterocycles. The molecule has 0 radical (unpaired) electrons. The first kappa shape index (κ1) is 5.44. The Kier molecular flexibility index (Phi) is 1.07. The van der Waals surface area contributed by atoms with E-state index in [1.807, 2.05) is 0 Å². The monoisotopic (exact) mass is 225 g/mol. The Hall–Kier alpha value is 0.650. The third-order valence-corrected chi connectivity index (χ3v) is 2.51. The molecule has 0 aromatic heterocycles. The maximum atomic E-state index is 5.10. The second-order valence-corrected chi connectivity index (χ2v) is 4.14. The van der Waals surface area contributed by atoms with Gasteiger partial charge in [-0.3, -0.25) is 0 Å². The van der Waals surface area contributed by atoms with Crippen LogP contribution in [0.25, 0.3) is 0 Å². The zero-order chi connectivity index (χ0) is 5.61. The lowest BCUT2D eigenvalue weighted by Gasteiger charge is -2.52. The Morgan fingerprint density at radius 1 is 1.38 bits per heavy atom. The van der Waals surface area contributed by atoms with Crippen LogP contribution in [-0.2, 0) is 4.74 Å². The number of rotatable bonds is 0. The molecule has 0 bridgehead atoms. The standard InChI is InChI=1S/C5H8INO/c6-7-1-5(2-7)3-8-4-5/h1-4H2. The fourth-order valence-electron chi connectivity index (χ4n) is 1.25. The molecule has 0 aromatic rings. The van der Waals surface area contributed by atoms with Crippen molar-refractivity contribution in [1.29, 1.82) is 0 Å². The summed E-state index contributed by atoms with van der Waals surface area (Å²) in [5.74, 6) is 0. The van der Waals surface area contributed by atoms with Gasteiger partial charge in [-0.15, -0.1) is 0 Å². The van der Waals surface area contributed by atoms with Gasteiger partial charge >= 0.3 is 0 Å². The molecule has 2 saturated heterocycles. The van der Waals surface area contributed by atoms with Gasteiger partial charge in [0.1, 0.15) is 0 Å². The SMILES string of the molecule is IN1CC2(COC2)C1. The van der Waals surface area contributed by atoms with Crippen LogP contribution < -0.4 is 0 Å². The molecular formula is C5H8INO. The highest BCUT2D eigenvalue weighted by Gasteiger charge is 2.48. The molecule has 0 atom stereocenters. The van der Waals surface area contributed by atoms with Crippen molar-refractivity contribution in [2.75, 3.05) is 26.3 Å². The highest BCUT2D eigenvalue weighted by atomic mass is 127. The summed E-state index contributed by atoms with van der Waals surface area (Å²) < 4.78 is 7.40. The smallest absolute Gasteiger partial charge is 0.0570 e. The summed E-state index contributed by atoms with van der Waals surface area (Å²) in [5.41, 5.74) is 0.612. The molecule has 2 aliphatic heterocycles. The molecule has 3 heteroatoms. The molecule has 0 unspecified atom stereocenters. The van der Waals surface area contributed by atoms with Crippen LogP contribution in [0.3, 0.4) is 0 Å². The summed E-state index contributed by atoms with van der Waals surface area (Å²) in [7, 11) is 0. The van der Waals surface area contributed by atoms with Gasteiger partial charge in [0.25, 0.3) is 0 Å². The number of ether oxygens (including phenoxy) is 1. The number of hydrogen-bond acceptors (Lipinski definition) is 2. The molecule has 2 fully saturated rings. The fourth-order valence-corrected chi connectivity index (χ4v) is 2.70. The first-order valence-corrected chi connectivity index (χ1v) is 3.76. The van der Waals surface area contributed by atoms with E-state index in [9.17, 15) is 0 Å². The van der Waals surface area contributed by atoms with Crippen LogP contribution in [0.5, 0.6) is 0 Å². The highest BCUT2D eigenvalue weighted by Crippen LogP contribution is 2.39. The summed E-state index contributed by atoms with van der Waals surface area (Å²) in [6, 6.07) is 0. The fraction of sp³-hybridized carbons (Fsp3) is 1.00. The Labute approximate surface area is 62.7 Å². The lowest BCUT2D eigenvalue weighted by molar-refractivity contribution is -0.160. The van der Waals surface area contributed by atoms with Crippen LogP contribution in [0.15, 0.2) is 0 Å². The van der Waals surface area contributed by atoms with Gasteiger partial charge < -0.3 is 4.74 Å². The van der Waals surface area contributed by atoms with Crippen molar-refractivity contribution < 1.29 is 4.74 Å². The van der Waals surface area contributed by atoms with Crippen molar-refractivity contribution in [1.82, 2.24) is 3.11 Å². The number of nitrogens with zero attached hydrogens (tertiary/aromatic N) is 1. The van der Waals surface area contributed by atoms with Crippen LogP contribution in [0.2, 0.25) is 0 Å². The average molecular weight is 225 g/mol. The Bertz CT molecular complexity index is 105. The Morgan fingerprint density at radius 3 is 2.12 bits per heavy atom. The topological polar surface area (TPSA) is 12.5 Å². The lowest BCUT2D eigenvalue weighted by Crippen LogP contribution is -2.62. The van der Waals surface area contributed by atoms with Crippen molar-refractivity contribution in [2.24, 2.45) is 5.41 Å². The summed E-state index contributed by atoms with van der Waals surface area (Å²) >= 11 is 2.35. The largest absolute Gasteiger partial charge is 0.380 e. The average Bonchev–Trinajstić information content (AvgIpc) is 1.51. The molecule has 0 saturated carbocycles. The van der Waals surface area contributed by atoms with E-state index in [2.05, 4.69) is 26.0 Å². The van der Waals surface area contributed by atoms with E-state index in [1.54, 1.807) is 0 Å². The van der Waals surface area contributed by atoms with E-state index in [0.29, 0.717) is 5.41 Å². The van der Waals surface area contributed by atoms with Gasteiger partial charge in [-0.2, -0.15) is 0 Å². The van der Waals surface area contributed by atoms with Crippen LogP contribution >= 0.6 is 22.9 Å². The van der Waals surface area contributed by atoms with Crippen molar-refractivity contribution in [2.45, 2.75) is 0 Å². The quantitative estimate of drug-likeness (QED) is 0.443. The van der Waals surface area contributed by atoms with Gasteiger partial charge in [0.05, 0.1) is 13.2 Å². The predicted molar refractivity (Wildman–Crippen MR) is 38.8 cm³/mol. The van der Waals surface area contributed by atoms with Gasteiger partial charge in [0, 0.05) is 41.4 Å². The first-order valence-electron chi connectivity index (χ1n) is 2.79. The van der Waals surface area contributed by atoms with Crippen molar-refractivity contribution >= 4 is 22.9 Å². The molecular weight excluding hydrogens is 217 g/mol. The highest BCUT2D eigenvalue weighted by molar-refractivity contribution is 14.1. The maximum absolute atomic E-state index is 5.10. The predicted octanol–water partition coefficient (Wildman–Crippen LogP) is 0.669. The maximum Gasteiger partial charge on any atom is 0.0570 e. The molecule has 46 valence electrons. The minimum Gasteiger partial charge on any atom is -0.380 e. The normalized spacial score (nSPS) is 34.1. The number of hydrogen-bond donors (Lipinski definition) is 0.